The molecule has 80 valence electrons. The fourth-order valence-electron chi connectivity index (χ4n) is 1.82. The third-order valence-corrected chi connectivity index (χ3v) is 2.85. The molecule has 0 spiro atoms. The summed E-state index contributed by atoms with van der Waals surface area (Å²) >= 11 is 0. The number of hydrogen-bond donors (Lipinski definition) is 1. The van der Waals surface area contributed by atoms with Crippen LogP contribution < -0.4 is 5.32 Å². The van der Waals surface area contributed by atoms with E-state index in [0.717, 1.165) is 31.6 Å². The van der Waals surface area contributed by atoms with Crippen LogP contribution in [0.2, 0.25) is 0 Å². The van der Waals surface area contributed by atoms with E-state index in [9.17, 15) is 4.79 Å². The van der Waals surface area contributed by atoms with Crippen LogP contribution in [0.3, 0.4) is 0 Å². The summed E-state index contributed by atoms with van der Waals surface area (Å²) in [6.45, 7) is 8.61. The molecule has 1 N–H and O–H groups in total. The SMILES string of the molecule is C/C=C(\C)C(=O)N(CC)C1CCNC1. The van der Waals surface area contributed by atoms with Crippen molar-refractivity contribution in [2.45, 2.75) is 33.2 Å². The van der Waals surface area contributed by atoms with Gasteiger partial charge in [0.25, 0.3) is 0 Å². The number of likely N-dealkylation sites (N-methyl/N-ethyl adjacent to an activating group) is 1. The van der Waals surface area contributed by atoms with Crippen LogP contribution in [0, 0.1) is 0 Å². The molecular weight excluding hydrogens is 176 g/mol. The number of rotatable bonds is 3. The van der Waals surface area contributed by atoms with Crippen LogP contribution in [0.15, 0.2) is 11.6 Å². The van der Waals surface area contributed by atoms with Gasteiger partial charge >= 0.3 is 0 Å². The second-order valence-electron chi connectivity index (χ2n) is 3.71. The van der Waals surface area contributed by atoms with Crippen molar-refractivity contribution in [3.8, 4) is 0 Å². The smallest absolute Gasteiger partial charge is 0.249 e. The standard InChI is InChI=1S/C11H20N2O/c1-4-9(3)11(14)13(5-2)10-6-7-12-8-10/h4,10,12H,5-8H2,1-3H3/b9-4+. The molecule has 1 aliphatic rings. The second kappa shape index (κ2) is 5.15. The van der Waals surface area contributed by atoms with Gasteiger partial charge in [-0.05, 0) is 33.7 Å². The zero-order chi connectivity index (χ0) is 10.6. The number of amides is 1. The molecule has 0 aliphatic carbocycles. The van der Waals surface area contributed by atoms with E-state index < -0.39 is 0 Å². The highest BCUT2D eigenvalue weighted by atomic mass is 16.2. The highest BCUT2D eigenvalue weighted by Gasteiger charge is 2.25. The van der Waals surface area contributed by atoms with Crippen LogP contribution in [0.1, 0.15) is 27.2 Å². The molecule has 1 unspecified atom stereocenters. The van der Waals surface area contributed by atoms with Crippen molar-refractivity contribution in [1.29, 1.82) is 0 Å². The molecule has 0 radical (unpaired) electrons. The normalized spacial score (nSPS) is 22.5. The fourth-order valence-corrected chi connectivity index (χ4v) is 1.82. The van der Waals surface area contributed by atoms with Gasteiger partial charge in [0.2, 0.25) is 5.91 Å². The van der Waals surface area contributed by atoms with Crippen LogP contribution in [0.25, 0.3) is 0 Å². The van der Waals surface area contributed by atoms with Crippen LogP contribution >= 0.6 is 0 Å². The molecule has 1 aliphatic heterocycles. The van der Waals surface area contributed by atoms with E-state index in [1.807, 2.05) is 31.7 Å². The van der Waals surface area contributed by atoms with Gasteiger partial charge in [-0.1, -0.05) is 6.08 Å². The first-order valence-corrected chi connectivity index (χ1v) is 5.35. The highest BCUT2D eigenvalue weighted by molar-refractivity contribution is 5.93. The predicted octanol–water partition coefficient (Wildman–Crippen LogP) is 1.16. The molecule has 0 aromatic rings. The average molecular weight is 196 g/mol. The Bertz CT molecular complexity index is 229. The molecule has 1 fully saturated rings. The first-order valence-electron chi connectivity index (χ1n) is 5.35. The van der Waals surface area contributed by atoms with Gasteiger partial charge in [0.15, 0.2) is 0 Å². The molecule has 14 heavy (non-hydrogen) atoms. The third kappa shape index (κ3) is 2.35. The first kappa shape index (κ1) is 11.2. The fraction of sp³-hybridized carbons (Fsp3) is 0.727. The Hall–Kier alpha value is -0.830. The lowest BCUT2D eigenvalue weighted by atomic mass is 10.1. The zero-order valence-electron chi connectivity index (χ0n) is 9.34. The minimum absolute atomic E-state index is 0.184. The molecule has 1 rings (SSSR count). The Morgan fingerprint density at radius 3 is 2.79 bits per heavy atom. The van der Waals surface area contributed by atoms with Crippen LogP contribution in [-0.2, 0) is 4.79 Å². The maximum atomic E-state index is 11.9. The van der Waals surface area contributed by atoms with Crippen molar-refractivity contribution in [3.05, 3.63) is 11.6 Å². The maximum Gasteiger partial charge on any atom is 0.249 e. The molecule has 1 atom stereocenters. The number of allylic oxidation sites excluding steroid dienone is 1. The highest BCUT2D eigenvalue weighted by Crippen LogP contribution is 2.11. The van der Waals surface area contributed by atoms with E-state index in [-0.39, 0.29) is 5.91 Å². The predicted molar refractivity (Wildman–Crippen MR) is 58.1 cm³/mol. The zero-order valence-corrected chi connectivity index (χ0v) is 9.34. The minimum atomic E-state index is 0.184. The van der Waals surface area contributed by atoms with Crippen molar-refractivity contribution in [1.82, 2.24) is 10.2 Å². The topological polar surface area (TPSA) is 32.3 Å². The Balaban J connectivity index is 2.65. The van der Waals surface area contributed by atoms with Crippen LogP contribution in [0.5, 0.6) is 0 Å². The van der Waals surface area contributed by atoms with Gasteiger partial charge in [-0.25, -0.2) is 0 Å². The van der Waals surface area contributed by atoms with Gasteiger partial charge in [0.1, 0.15) is 0 Å². The second-order valence-corrected chi connectivity index (χ2v) is 3.71. The number of carbonyl (C=O) groups is 1. The average Bonchev–Trinajstić information content (AvgIpc) is 2.71. The number of nitrogens with one attached hydrogen (secondary N) is 1. The minimum Gasteiger partial charge on any atom is -0.335 e. The largest absolute Gasteiger partial charge is 0.335 e. The summed E-state index contributed by atoms with van der Waals surface area (Å²) in [4.78, 5) is 13.9. The van der Waals surface area contributed by atoms with E-state index >= 15 is 0 Å². The quantitative estimate of drug-likeness (QED) is 0.687. The summed E-state index contributed by atoms with van der Waals surface area (Å²) in [5.41, 5.74) is 0.846. The van der Waals surface area contributed by atoms with Gasteiger partial charge in [-0.2, -0.15) is 0 Å². The molecule has 3 heteroatoms. The summed E-state index contributed by atoms with van der Waals surface area (Å²) in [7, 11) is 0. The summed E-state index contributed by atoms with van der Waals surface area (Å²) in [6.07, 6.45) is 2.96. The van der Waals surface area contributed by atoms with E-state index in [0.29, 0.717) is 6.04 Å². The molecular formula is C11H20N2O. The van der Waals surface area contributed by atoms with Gasteiger partial charge in [-0.3, -0.25) is 4.79 Å². The van der Waals surface area contributed by atoms with Gasteiger partial charge < -0.3 is 10.2 Å². The Kier molecular flexibility index (Phi) is 4.14. The van der Waals surface area contributed by atoms with Crippen molar-refractivity contribution < 1.29 is 4.79 Å². The number of carbonyl (C=O) groups excluding carboxylic acids is 1. The number of nitrogens with zero attached hydrogens (tertiary/aromatic N) is 1. The molecule has 0 bridgehead atoms. The van der Waals surface area contributed by atoms with Crippen LogP contribution in [0.4, 0.5) is 0 Å². The van der Waals surface area contributed by atoms with Gasteiger partial charge in [-0.15, -0.1) is 0 Å². The van der Waals surface area contributed by atoms with Gasteiger partial charge in [0, 0.05) is 24.7 Å². The molecule has 0 aromatic carbocycles. The molecule has 1 heterocycles. The molecule has 0 saturated carbocycles. The first-order chi connectivity index (χ1) is 6.70. The number of hydrogen-bond acceptors (Lipinski definition) is 2. The molecule has 0 aromatic heterocycles. The lowest BCUT2D eigenvalue weighted by molar-refractivity contribution is -0.128. The van der Waals surface area contributed by atoms with Gasteiger partial charge in [0.05, 0.1) is 0 Å². The summed E-state index contributed by atoms with van der Waals surface area (Å²) in [5.74, 6) is 0.184. The molecule has 3 nitrogen and oxygen atoms in total. The van der Waals surface area contributed by atoms with Crippen molar-refractivity contribution >= 4 is 5.91 Å². The van der Waals surface area contributed by atoms with E-state index in [2.05, 4.69) is 5.32 Å². The summed E-state index contributed by atoms with van der Waals surface area (Å²) in [6, 6.07) is 0.391. The van der Waals surface area contributed by atoms with E-state index in [1.54, 1.807) is 0 Å². The van der Waals surface area contributed by atoms with E-state index in [1.165, 1.54) is 0 Å². The van der Waals surface area contributed by atoms with Crippen LogP contribution in [-0.4, -0.2) is 36.5 Å². The van der Waals surface area contributed by atoms with Crippen molar-refractivity contribution in [3.63, 3.8) is 0 Å². The summed E-state index contributed by atoms with van der Waals surface area (Å²) in [5, 5.41) is 3.29. The maximum absolute atomic E-state index is 11.9. The molecule has 1 amide bonds. The Labute approximate surface area is 86.2 Å². The van der Waals surface area contributed by atoms with Crippen molar-refractivity contribution in [2.75, 3.05) is 19.6 Å². The van der Waals surface area contributed by atoms with Crippen molar-refractivity contribution in [2.24, 2.45) is 0 Å². The lowest BCUT2D eigenvalue weighted by Crippen LogP contribution is -2.41. The molecule has 1 saturated heterocycles. The lowest BCUT2D eigenvalue weighted by Gasteiger charge is -2.27. The third-order valence-electron chi connectivity index (χ3n) is 2.85. The Morgan fingerprint density at radius 2 is 2.36 bits per heavy atom. The Morgan fingerprint density at radius 1 is 1.64 bits per heavy atom. The monoisotopic (exact) mass is 196 g/mol. The van der Waals surface area contributed by atoms with E-state index in [4.69, 9.17) is 0 Å². The summed E-state index contributed by atoms with van der Waals surface area (Å²) < 4.78 is 0.